The van der Waals surface area contributed by atoms with Crippen LogP contribution in [0.3, 0.4) is 0 Å². The van der Waals surface area contributed by atoms with E-state index in [-0.39, 0.29) is 24.0 Å². The third-order valence-corrected chi connectivity index (χ3v) is 3.08. The highest BCUT2D eigenvalue weighted by Crippen LogP contribution is 2.10. The summed E-state index contributed by atoms with van der Waals surface area (Å²) in [4.78, 5) is 14.1. The summed E-state index contributed by atoms with van der Waals surface area (Å²) in [6.45, 7) is 4.52. The van der Waals surface area contributed by atoms with Crippen molar-refractivity contribution in [2.75, 3.05) is 26.2 Å². The number of carbonyl (C=O) groups is 1. The van der Waals surface area contributed by atoms with Gasteiger partial charge < -0.3 is 4.74 Å². The molecule has 1 aromatic rings. The zero-order chi connectivity index (χ0) is 13.0. The number of Topliss-reactive ketones (excluding diaryl/α,β-unsaturated/α-hetero) is 1. The molecule has 1 atom stereocenters. The standard InChI is InChI=1S/C14H18FNO2/c1-11-9-16(7-4-8-18-11)10-14(17)12-5-2-3-6-13(12)15/h2-3,5-6,11H,4,7-10H2,1H3. The average Bonchev–Trinajstić information content (AvgIpc) is 2.54. The van der Waals surface area contributed by atoms with Crippen molar-refractivity contribution in [2.45, 2.75) is 19.4 Å². The predicted octanol–water partition coefficient (Wildman–Crippen LogP) is 2.12. The van der Waals surface area contributed by atoms with E-state index in [0.29, 0.717) is 0 Å². The van der Waals surface area contributed by atoms with E-state index >= 15 is 0 Å². The molecular formula is C14H18FNO2. The normalized spacial score (nSPS) is 21.6. The van der Waals surface area contributed by atoms with Gasteiger partial charge in [0.2, 0.25) is 0 Å². The first-order chi connectivity index (χ1) is 8.66. The van der Waals surface area contributed by atoms with Gasteiger partial charge in [-0.25, -0.2) is 4.39 Å². The topological polar surface area (TPSA) is 29.5 Å². The maximum absolute atomic E-state index is 13.5. The smallest absolute Gasteiger partial charge is 0.179 e. The van der Waals surface area contributed by atoms with Gasteiger partial charge in [0.25, 0.3) is 0 Å². The SMILES string of the molecule is CC1CN(CC(=O)c2ccccc2F)CCCO1. The van der Waals surface area contributed by atoms with Crippen LogP contribution in [0, 0.1) is 5.82 Å². The van der Waals surface area contributed by atoms with Crippen LogP contribution in [0.1, 0.15) is 23.7 Å². The van der Waals surface area contributed by atoms with Crippen LogP contribution in [0.15, 0.2) is 24.3 Å². The van der Waals surface area contributed by atoms with E-state index in [1.165, 1.54) is 12.1 Å². The van der Waals surface area contributed by atoms with Crippen LogP contribution in [0.2, 0.25) is 0 Å². The minimum Gasteiger partial charge on any atom is -0.377 e. The molecule has 0 saturated carbocycles. The van der Waals surface area contributed by atoms with E-state index < -0.39 is 5.82 Å². The van der Waals surface area contributed by atoms with E-state index in [1.54, 1.807) is 12.1 Å². The van der Waals surface area contributed by atoms with Crippen molar-refractivity contribution in [3.8, 4) is 0 Å². The first-order valence-corrected chi connectivity index (χ1v) is 6.28. The lowest BCUT2D eigenvalue weighted by molar-refractivity contribution is 0.0656. The Morgan fingerprint density at radius 3 is 3.06 bits per heavy atom. The Balaban J connectivity index is 2.00. The van der Waals surface area contributed by atoms with Gasteiger partial charge in [-0.3, -0.25) is 9.69 Å². The van der Waals surface area contributed by atoms with Crippen molar-refractivity contribution in [3.63, 3.8) is 0 Å². The van der Waals surface area contributed by atoms with Gasteiger partial charge in [0.05, 0.1) is 18.2 Å². The van der Waals surface area contributed by atoms with Crippen molar-refractivity contribution >= 4 is 5.78 Å². The molecule has 1 unspecified atom stereocenters. The number of nitrogens with zero attached hydrogens (tertiary/aromatic N) is 1. The second kappa shape index (κ2) is 6.07. The Labute approximate surface area is 107 Å². The first kappa shape index (κ1) is 13.2. The van der Waals surface area contributed by atoms with Crippen LogP contribution in [0.5, 0.6) is 0 Å². The summed E-state index contributed by atoms with van der Waals surface area (Å²) >= 11 is 0. The summed E-state index contributed by atoms with van der Waals surface area (Å²) in [5.41, 5.74) is 0.176. The van der Waals surface area contributed by atoms with Gasteiger partial charge >= 0.3 is 0 Å². The molecule has 0 spiro atoms. The minimum absolute atomic E-state index is 0.126. The highest BCUT2D eigenvalue weighted by molar-refractivity contribution is 5.97. The highest BCUT2D eigenvalue weighted by Gasteiger charge is 2.19. The Bertz CT molecular complexity index is 422. The van der Waals surface area contributed by atoms with Gasteiger partial charge in [-0.05, 0) is 25.5 Å². The number of ketones is 1. The molecular weight excluding hydrogens is 233 g/mol. The molecule has 98 valence electrons. The van der Waals surface area contributed by atoms with Crippen molar-refractivity contribution in [1.29, 1.82) is 0 Å². The summed E-state index contributed by atoms with van der Waals surface area (Å²) in [6.07, 6.45) is 1.04. The third-order valence-electron chi connectivity index (χ3n) is 3.08. The third kappa shape index (κ3) is 3.37. The second-order valence-electron chi connectivity index (χ2n) is 4.67. The number of ether oxygens (including phenoxy) is 1. The molecule has 0 aromatic heterocycles. The number of hydrogen-bond donors (Lipinski definition) is 0. The quantitative estimate of drug-likeness (QED) is 0.771. The van der Waals surface area contributed by atoms with E-state index in [2.05, 4.69) is 0 Å². The number of carbonyl (C=O) groups excluding carboxylic acids is 1. The summed E-state index contributed by atoms with van der Waals surface area (Å²) in [5, 5.41) is 0. The molecule has 1 aromatic carbocycles. The van der Waals surface area contributed by atoms with E-state index in [4.69, 9.17) is 4.74 Å². The fourth-order valence-electron chi connectivity index (χ4n) is 2.20. The Morgan fingerprint density at radius 1 is 1.50 bits per heavy atom. The molecule has 18 heavy (non-hydrogen) atoms. The van der Waals surface area contributed by atoms with Gasteiger partial charge in [-0.2, -0.15) is 0 Å². The van der Waals surface area contributed by atoms with E-state index in [9.17, 15) is 9.18 Å². The van der Waals surface area contributed by atoms with Gasteiger partial charge in [0, 0.05) is 19.7 Å². The number of rotatable bonds is 3. The lowest BCUT2D eigenvalue weighted by Gasteiger charge is -2.20. The molecule has 0 N–H and O–H groups in total. The number of hydrogen-bond acceptors (Lipinski definition) is 3. The molecule has 1 fully saturated rings. The van der Waals surface area contributed by atoms with Crippen LogP contribution in [0.25, 0.3) is 0 Å². The fourth-order valence-corrected chi connectivity index (χ4v) is 2.20. The predicted molar refractivity (Wildman–Crippen MR) is 67.2 cm³/mol. The van der Waals surface area contributed by atoms with Crippen LogP contribution in [0.4, 0.5) is 4.39 Å². The van der Waals surface area contributed by atoms with Crippen molar-refractivity contribution < 1.29 is 13.9 Å². The molecule has 0 radical (unpaired) electrons. The van der Waals surface area contributed by atoms with Crippen molar-refractivity contribution in [3.05, 3.63) is 35.6 Å². The van der Waals surface area contributed by atoms with Gasteiger partial charge in [0.1, 0.15) is 5.82 Å². The monoisotopic (exact) mass is 251 g/mol. The zero-order valence-electron chi connectivity index (χ0n) is 10.6. The summed E-state index contributed by atoms with van der Waals surface area (Å²) in [5.74, 6) is -0.608. The minimum atomic E-state index is -0.443. The van der Waals surface area contributed by atoms with E-state index in [0.717, 1.165) is 26.1 Å². The molecule has 0 amide bonds. The number of halogens is 1. The summed E-state index contributed by atoms with van der Waals surface area (Å²) in [6, 6.07) is 6.13. The Hall–Kier alpha value is -1.26. The van der Waals surface area contributed by atoms with Gasteiger partial charge in [-0.15, -0.1) is 0 Å². The van der Waals surface area contributed by atoms with Crippen molar-refractivity contribution in [2.24, 2.45) is 0 Å². The molecule has 0 aliphatic carbocycles. The van der Waals surface area contributed by atoms with E-state index in [1.807, 2.05) is 11.8 Å². The maximum atomic E-state index is 13.5. The highest BCUT2D eigenvalue weighted by atomic mass is 19.1. The summed E-state index contributed by atoms with van der Waals surface area (Å²) < 4.78 is 19.0. The van der Waals surface area contributed by atoms with Crippen LogP contribution in [-0.2, 0) is 4.74 Å². The Kier molecular flexibility index (Phi) is 4.44. The van der Waals surface area contributed by atoms with Crippen LogP contribution in [-0.4, -0.2) is 43.0 Å². The maximum Gasteiger partial charge on any atom is 0.179 e. The average molecular weight is 251 g/mol. The van der Waals surface area contributed by atoms with Crippen LogP contribution >= 0.6 is 0 Å². The molecule has 2 rings (SSSR count). The molecule has 1 aliphatic heterocycles. The largest absolute Gasteiger partial charge is 0.377 e. The lowest BCUT2D eigenvalue weighted by Crippen LogP contribution is -2.35. The molecule has 4 heteroatoms. The van der Waals surface area contributed by atoms with Crippen molar-refractivity contribution in [1.82, 2.24) is 4.90 Å². The molecule has 0 bridgehead atoms. The van der Waals surface area contributed by atoms with Gasteiger partial charge in [0.15, 0.2) is 5.78 Å². The Morgan fingerprint density at radius 2 is 2.28 bits per heavy atom. The van der Waals surface area contributed by atoms with Gasteiger partial charge in [-0.1, -0.05) is 12.1 Å². The fraction of sp³-hybridized carbons (Fsp3) is 0.500. The molecule has 1 saturated heterocycles. The first-order valence-electron chi connectivity index (χ1n) is 6.28. The molecule has 1 heterocycles. The zero-order valence-corrected chi connectivity index (χ0v) is 10.6. The molecule has 1 aliphatic rings. The second-order valence-corrected chi connectivity index (χ2v) is 4.67. The number of benzene rings is 1. The molecule has 3 nitrogen and oxygen atoms in total. The van der Waals surface area contributed by atoms with Crippen LogP contribution < -0.4 is 0 Å². The summed E-state index contributed by atoms with van der Waals surface area (Å²) in [7, 11) is 0. The lowest BCUT2D eigenvalue weighted by atomic mass is 10.1.